The normalized spacial score (nSPS) is 10.6. The zero-order valence-corrected chi connectivity index (χ0v) is 11.9. The topological polar surface area (TPSA) is 55.8 Å². The fourth-order valence-electron chi connectivity index (χ4n) is 2.01. The average molecular weight is 284 g/mol. The summed E-state index contributed by atoms with van der Waals surface area (Å²) in [6.07, 6.45) is 2.68. The molecule has 2 aromatic rings. The molecule has 0 saturated carbocycles. The zero-order valence-electron chi connectivity index (χ0n) is 11.9. The molecule has 0 spiro atoms. The Morgan fingerprint density at radius 3 is 2.38 bits per heavy atom. The Labute approximate surface area is 123 Å². The van der Waals surface area contributed by atoms with Crippen molar-refractivity contribution in [2.75, 3.05) is 14.2 Å². The first-order valence-corrected chi connectivity index (χ1v) is 6.37. The van der Waals surface area contributed by atoms with Crippen LogP contribution in [0.15, 0.2) is 48.5 Å². The zero-order chi connectivity index (χ0) is 15.2. The molecule has 0 bridgehead atoms. The van der Waals surface area contributed by atoms with Crippen LogP contribution in [0, 0.1) is 0 Å². The molecule has 2 rings (SSSR count). The van der Waals surface area contributed by atoms with Crippen LogP contribution in [0.1, 0.15) is 5.56 Å². The van der Waals surface area contributed by atoms with Crippen molar-refractivity contribution >= 4 is 12.0 Å². The van der Waals surface area contributed by atoms with Gasteiger partial charge in [0.2, 0.25) is 0 Å². The quantitative estimate of drug-likeness (QED) is 0.854. The molecule has 21 heavy (non-hydrogen) atoms. The molecule has 1 N–H and O–H groups in total. The van der Waals surface area contributed by atoms with Gasteiger partial charge in [0.05, 0.1) is 14.2 Å². The van der Waals surface area contributed by atoms with Gasteiger partial charge in [0.25, 0.3) is 0 Å². The van der Waals surface area contributed by atoms with Crippen molar-refractivity contribution in [1.29, 1.82) is 0 Å². The van der Waals surface area contributed by atoms with E-state index in [1.54, 1.807) is 20.3 Å². The van der Waals surface area contributed by atoms with E-state index in [0.717, 1.165) is 22.8 Å². The van der Waals surface area contributed by atoms with Crippen LogP contribution < -0.4 is 9.47 Å². The summed E-state index contributed by atoms with van der Waals surface area (Å²) in [4.78, 5) is 10.6. The van der Waals surface area contributed by atoms with Crippen molar-refractivity contribution in [3.63, 3.8) is 0 Å². The van der Waals surface area contributed by atoms with Crippen LogP contribution in [0.5, 0.6) is 11.5 Å². The summed E-state index contributed by atoms with van der Waals surface area (Å²) in [7, 11) is 3.18. The molecule has 0 heterocycles. The Morgan fingerprint density at radius 1 is 1.00 bits per heavy atom. The third-order valence-corrected chi connectivity index (χ3v) is 3.02. The number of carbonyl (C=O) groups is 1. The standard InChI is InChI=1S/C17H16O4/c1-20-15-8-7-14(11-16(15)21-2)13-5-3-4-12(10-13)6-9-17(18)19/h3-11H,1-2H3,(H,18,19). The predicted octanol–water partition coefficient (Wildman–Crippen LogP) is 3.47. The number of methoxy groups -OCH3 is 2. The minimum atomic E-state index is -0.966. The first-order chi connectivity index (χ1) is 10.1. The molecule has 0 aromatic heterocycles. The van der Waals surface area contributed by atoms with Gasteiger partial charge in [0.15, 0.2) is 11.5 Å². The number of aliphatic carboxylic acids is 1. The molecule has 0 radical (unpaired) electrons. The summed E-state index contributed by atoms with van der Waals surface area (Å²) < 4.78 is 10.5. The highest BCUT2D eigenvalue weighted by molar-refractivity contribution is 5.85. The van der Waals surface area contributed by atoms with E-state index in [9.17, 15) is 4.79 Å². The van der Waals surface area contributed by atoms with E-state index in [2.05, 4.69) is 0 Å². The van der Waals surface area contributed by atoms with E-state index in [1.807, 2.05) is 42.5 Å². The maximum absolute atomic E-state index is 10.6. The lowest BCUT2D eigenvalue weighted by Crippen LogP contribution is -1.91. The highest BCUT2D eigenvalue weighted by Gasteiger charge is 2.06. The molecule has 108 valence electrons. The maximum Gasteiger partial charge on any atom is 0.328 e. The number of hydrogen-bond donors (Lipinski definition) is 1. The minimum Gasteiger partial charge on any atom is -0.493 e. The third kappa shape index (κ3) is 3.63. The molecule has 0 aliphatic carbocycles. The van der Waals surface area contributed by atoms with Crippen LogP contribution in [0.25, 0.3) is 17.2 Å². The molecule has 0 aliphatic heterocycles. The molecule has 4 nitrogen and oxygen atoms in total. The van der Waals surface area contributed by atoms with Gasteiger partial charge in [-0.2, -0.15) is 0 Å². The Hall–Kier alpha value is -2.75. The molecule has 0 aliphatic rings. The van der Waals surface area contributed by atoms with E-state index < -0.39 is 5.97 Å². The Balaban J connectivity index is 2.38. The number of ether oxygens (including phenoxy) is 2. The molecular formula is C17H16O4. The smallest absolute Gasteiger partial charge is 0.328 e. The Morgan fingerprint density at radius 2 is 1.71 bits per heavy atom. The van der Waals surface area contributed by atoms with Crippen molar-refractivity contribution in [3.8, 4) is 22.6 Å². The molecule has 0 fully saturated rings. The number of rotatable bonds is 5. The van der Waals surface area contributed by atoms with Gasteiger partial charge in [-0.25, -0.2) is 4.79 Å². The first kappa shape index (κ1) is 14.7. The summed E-state index contributed by atoms with van der Waals surface area (Å²) in [5.74, 6) is 0.358. The molecule has 4 heteroatoms. The van der Waals surface area contributed by atoms with E-state index >= 15 is 0 Å². The lowest BCUT2D eigenvalue weighted by atomic mass is 10.0. The van der Waals surface area contributed by atoms with Crippen LogP contribution in [-0.4, -0.2) is 25.3 Å². The van der Waals surface area contributed by atoms with Gasteiger partial charge in [-0.3, -0.25) is 0 Å². The van der Waals surface area contributed by atoms with Crippen molar-refractivity contribution in [1.82, 2.24) is 0 Å². The summed E-state index contributed by atoms with van der Waals surface area (Å²) in [6.45, 7) is 0. The molecule has 0 unspecified atom stereocenters. The summed E-state index contributed by atoms with van der Waals surface area (Å²) >= 11 is 0. The van der Waals surface area contributed by atoms with Gasteiger partial charge in [-0.05, 0) is 41.0 Å². The SMILES string of the molecule is COc1ccc(-c2cccc(C=CC(=O)O)c2)cc1OC. The van der Waals surface area contributed by atoms with Crippen LogP contribution >= 0.6 is 0 Å². The second kappa shape index (κ2) is 6.61. The number of carboxylic acid groups (broad SMARTS) is 1. The van der Waals surface area contributed by atoms with E-state index in [-0.39, 0.29) is 0 Å². The van der Waals surface area contributed by atoms with Gasteiger partial charge in [-0.15, -0.1) is 0 Å². The Bertz CT molecular complexity index is 674. The number of benzene rings is 2. The average Bonchev–Trinajstić information content (AvgIpc) is 2.52. The highest BCUT2D eigenvalue weighted by atomic mass is 16.5. The Kier molecular flexibility index (Phi) is 4.61. The van der Waals surface area contributed by atoms with Gasteiger partial charge >= 0.3 is 5.97 Å². The van der Waals surface area contributed by atoms with E-state index in [0.29, 0.717) is 11.5 Å². The van der Waals surface area contributed by atoms with Crippen LogP contribution in [0.4, 0.5) is 0 Å². The van der Waals surface area contributed by atoms with Gasteiger partial charge in [-0.1, -0.05) is 24.3 Å². The summed E-state index contributed by atoms with van der Waals surface area (Å²) in [5, 5.41) is 8.67. The van der Waals surface area contributed by atoms with Gasteiger partial charge in [0.1, 0.15) is 0 Å². The maximum atomic E-state index is 10.6. The molecule has 2 aromatic carbocycles. The molecular weight excluding hydrogens is 268 g/mol. The molecule has 0 amide bonds. The van der Waals surface area contributed by atoms with Crippen LogP contribution in [-0.2, 0) is 4.79 Å². The third-order valence-electron chi connectivity index (χ3n) is 3.02. The van der Waals surface area contributed by atoms with Gasteiger partial charge < -0.3 is 14.6 Å². The van der Waals surface area contributed by atoms with Crippen LogP contribution in [0.3, 0.4) is 0 Å². The van der Waals surface area contributed by atoms with Crippen molar-refractivity contribution < 1.29 is 19.4 Å². The molecule has 0 saturated heterocycles. The van der Waals surface area contributed by atoms with Crippen molar-refractivity contribution in [3.05, 3.63) is 54.1 Å². The van der Waals surface area contributed by atoms with E-state index in [4.69, 9.17) is 14.6 Å². The monoisotopic (exact) mass is 284 g/mol. The number of hydrogen-bond acceptors (Lipinski definition) is 3. The summed E-state index contributed by atoms with van der Waals surface area (Å²) in [5.41, 5.74) is 2.77. The number of carboxylic acids is 1. The second-order valence-electron chi connectivity index (χ2n) is 4.37. The summed E-state index contributed by atoms with van der Waals surface area (Å²) in [6, 6.07) is 13.3. The lowest BCUT2D eigenvalue weighted by Gasteiger charge is -2.10. The highest BCUT2D eigenvalue weighted by Crippen LogP contribution is 2.32. The second-order valence-corrected chi connectivity index (χ2v) is 4.37. The van der Waals surface area contributed by atoms with Crippen molar-refractivity contribution in [2.45, 2.75) is 0 Å². The first-order valence-electron chi connectivity index (χ1n) is 6.37. The lowest BCUT2D eigenvalue weighted by molar-refractivity contribution is -0.131. The van der Waals surface area contributed by atoms with Gasteiger partial charge in [0, 0.05) is 6.08 Å². The predicted molar refractivity (Wildman–Crippen MR) is 81.7 cm³/mol. The molecule has 0 atom stereocenters. The largest absolute Gasteiger partial charge is 0.493 e. The van der Waals surface area contributed by atoms with E-state index in [1.165, 1.54) is 0 Å². The fraction of sp³-hybridized carbons (Fsp3) is 0.118. The van der Waals surface area contributed by atoms with Crippen LogP contribution in [0.2, 0.25) is 0 Å². The fourth-order valence-corrected chi connectivity index (χ4v) is 2.01. The van der Waals surface area contributed by atoms with Crippen molar-refractivity contribution in [2.24, 2.45) is 0 Å². The minimum absolute atomic E-state index is 0.654.